The molecular weight excluding hydrogens is 1060 g/mol. The lowest BCUT2D eigenvalue weighted by Crippen LogP contribution is -2.71. The molecule has 0 bridgehead atoms. The minimum absolute atomic E-state index is 0.539. The van der Waals surface area contributed by atoms with E-state index in [4.69, 9.17) is 37.9 Å². The van der Waals surface area contributed by atoms with Crippen LogP contribution in [0.25, 0.3) is 0 Å². The fraction of sp³-hybridized carbons (Fsp3) is 0.812. The van der Waals surface area contributed by atoms with Crippen LogP contribution in [0.2, 0.25) is 0 Å². The van der Waals surface area contributed by atoms with Crippen molar-refractivity contribution < 1.29 is 120 Å². The van der Waals surface area contributed by atoms with E-state index >= 15 is 0 Å². The molecular formula is C48H79N4O25S-. The van der Waals surface area contributed by atoms with E-state index in [0.29, 0.717) is 6.42 Å². The molecule has 448 valence electrons. The summed E-state index contributed by atoms with van der Waals surface area (Å²) < 4.78 is 84.9. The predicted molar refractivity (Wildman–Crippen MR) is 263 cm³/mol. The number of aliphatic hydroxyl groups excluding tert-OH is 8. The zero-order chi connectivity index (χ0) is 57.9. The van der Waals surface area contributed by atoms with Gasteiger partial charge in [-0.1, -0.05) is 50.8 Å². The lowest BCUT2D eigenvalue weighted by Gasteiger charge is -2.51. The van der Waals surface area contributed by atoms with Gasteiger partial charge in [-0.2, -0.15) is 0 Å². The summed E-state index contributed by atoms with van der Waals surface area (Å²) in [5.74, 6) is -3.95. The average Bonchev–Trinajstić information content (AvgIpc) is 3.44. The number of carbonyl (C=O) groups excluding carboxylic acids is 5. The predicted octanol–water partition coefficient (Wildman–Crippen LogP) is -4.10. The Bertz CT molecular complexity index is 2070. The maximum absolute atomic E-state index is 13.3. The van der Waals surface area contributed by atoms with Crippen molar-refractivity contribution >= 4 is 40.0 Å². The molecule has 4 heterocycles. The molecule has 4 amide bonds. The number of hydrogen-bond donors (Lipinski definition) is 12. The third-order valence-corrected chi connectivity index (χ3v) is 13.5. The summed E-state index contributed by atoms with van der Waals surface area (Å²) >= 11 is 0. The molecule has 0 aliphatic carbocycles. The molecule has 20 atom stereocenters. The molecule has 0 aromatic heterocycles. The zero-order valence-corrected chi connectivity index (χ0v) is 45.0. The molecule has 0 aromatic carbocycles. The second-order valence-corrected chi connectivity index (χ2v) is 20.4. The van der Waals surface area contributed by atoms with Crippen LogP contribution in [0.5, 0.6) is 0 Å². The number of allylic oxidation sites excluding steroid dienone is 3. The van der Waals surface area contributed by atoms with Gasteiger partial charge in [-0.05, 0) is 44.6 Å². The Hall–Kier alpha value is -3.90. The van der Waals surface area contributed by atoms with Gasteiger partial charge in [-0.3, -0.25) is 28.2 Å². The van der Waals surface area contributed by atoms with Crippen LogP contribution in [0.15, 0.2) is 24.3 Å². The maximum atomic E-state index is 13.3. The second-order valence-electron chi connectivity index (χ2n) is 19.4. The summed E-state index contributed by atoms with van der Waals surface area (Å²) in [5.41, 5.74) is 0. The van der Waals surface area contributed by atoms with E-state index < -0.39 is 189 Å². The van der Waals surface area contributed by atoms with Crippen LogP contribution in [-0.4, -0.2) is 232 Å². The van der Waals surface area contributed by atoms with Crippen LogP contribution in [0.4, 0.5) is 0 Å². The quantitative estimate of drug-likeness (QED) is 0.00846. The molecule has 4 aliphatic rings. The van der Waals surface area contributed by atoms with Gasteiger partial charge in [0.2, 0.25) is 34.0 Å². The van der Waals surface area contributed by atoms with Gasteiger partial charge in [0.05, 0.1) is 19.8 Å². The number of unbranched alkanes of at least 4 members (excludes halogenated alkanes) is 8. The van der Waals surface area contributed by atoms with Gasteiger partial charge in [0.15, 0.2) is 25.2 Å². The Morgan fingerprint density at radius 1 is 0.526 bits per heavy atom. The molecule has 4 rings (SSSR count). The van der Waals surface area contributed by atoms with Crippen LogP contribution in [0.1, 0.15) is 98.8 Å². The molecule has 4 aliphatic heterocycles. The average molecular weight is 1140 g/mol. The minimum Gasteiger partial charge on any atom is -0.726 e. The first-order valence-electron chi connectivity index (χ1n) is 26.0. The highest BCUT2D eigenvalue weighted by molar-refractivity contribution is 7.80. The van der Waals surface area contributed by atoms with E-state index in [1.54, 1.807) is 6.08 Å². The number of aliphatic hydroxyl groups is 8. The van der Waals surface area contributed by atoms with E-state index in [1.807, 2.05) is 0 Å². The lowest BCUT2D eigenvalue weighted by molar-refractivity contribution is -0.361. The largest absolute Gasteiger partial charge is 0.726 e. The van der Waals surface area contributed by atoms with E-state index in [1.165, 1.54) is 31.8 Å². The fourth-order valence-corrected chi connectivity index (χ4v) is 9.59. The first-order chi connectivity index (χ1) is 36.9. The lowest BCUT2D eigenvalue weighted by atomic mass is 9.93. The van der Waals surface area contributed by atoms with Crippen molar-refractivity contribution in [3.8, 4) is 0 Å². The molecule has 30 heteroatoms. The van der Waals surface area contributed by atoms with Crippen LogP contribution >= 0.6 is 0 Å². The van der Waals surface area contributed by atoms with Gasteiger partial charge in [0, 0.05) is 27.7 Å². The molecule has 78 heavy (non-hydrogen) atoms. The second kappa shape index (κ2) is 32.5. The Morgan fingerprint density at radius 2 is 0.949 bits per heavy atom. The van der Waals surface area contributed by atoms with Crippen molar-refractivity contribution in [2.45, 2.75) is 221 Å². The van der Waals surface area contributed by atoms with Gasteiger partial charge in [0.25, 0.3) is 0 Å². The number of carbonyl (C=O) groups is 5. The third kappa shape index (κ3) is 20.3. The van der Waals surface area contributed by atoms with Gasteiger partial charge >= 0.3 is 5.97 Å². The highest BCUT2D eigenvalue weighted by Gasteiger charge is 2.56. The molecule has 4 fully saturated rings. The van der Waals surface area contributed by atoms with Gasteiger partial charge < -0.3 is 105 Å². The summed E-state index contributed by atoms with van der Waals surface area (Å²) in [6.45, 7) is 2.51. The molecule has 0 radical (unpaired) electrons. The standard InChI is InChI=1S/C48H80N4O25S/c1-6-7-8-9-10-11-12-13-14-15-16-17-18-19-32(59)52-34-38(61)37(60)30(22-69-27(5)58)74-46(34)75-42-28(20-53)72-47(35(40(42)63)50-25(3)56)76-43-29(21-54)73-48(36(41(43)64)51-26(4)57)77-44-31(23-70-78(66,67)68)71-45(65)33(39(44)62)49-24(2)55/h11-12,18-19,28-31,33-48,53-54,60-65H,6-10,13-17,20-23H2,1-5H3,(H,49,55)(H,50,56)(H,51,57)(H,52,59)(H,66,67,68)/p-1/b12-11-,19-18+/t28-,29?,30?,31-,33?,34?,35?,36?,37+,38-,39?,40?,41-,42-,43+,44-,45?,46+,47-,48+/m1/s1. The number of hydrogen-bond acceptors (Lipinski definition) is 25. The van der Waals surface area contributed by atoms with E-state index in [9.17, 15) is 77.8 Å². The van der Waals surface area contributed by atoms with Gasteiger partial charge in [0.1, 0.15) is 104 Å². The highest BCUT2D eigenvalue weighted by atomic mass is 32.3. The Morgan fingerprint density at radius 3 is 1.40 bits per heavy atom. The minimum atomic E-state index is -5.41. The van der Waals surface area contributed by atoms with Crippen molar-refractivity contribution in [3.05, 3.63) is 24.3 Å². The maximum Gasteiger partial charge on any atom is 0.302 e. The van der Waals surface area contributed by atoms with Crippen LogP contribution in [0, 0.1) is 0 Å². The van der Waals surface area contributed by atoms with Crippen molar-refractivity contribution in [1.29, 1.82) is 0 Å². The van der Waals surface area contributed by atoms with Crippen molar-refractivity contribution in [2.24, 2.45) is 0 Å². The van der Waals surface area contributed by atoms with Crippen molar-refractivity contribution in [3.63, 3.8) is 0 Å². The Labute approximate surface area is 452 Å². The molecule has 12 N–H and O–H groups in total. The van der Waals surface area contributed by atoms with Gasteiger partial charge in [-0.15, -0.1) is 0 Å². The van der Waals surface area contributed by atoms with Crippen LogP contribution in [0.3, 0.4) is 0 Å². The van der Waals surface area contributed by atoms with Crippen LogP contribution in [-0.2, 0) is 76.4 Å². The molecule has 0 spiro atoms. The van der Waals surface area contributed by atoms with E-state index in [-0.39, 0.29) is 0 Å². The normalized spacial score (nSPS) is 35.5. The van der Waals surface area contributed by atoms with E-state index in [0.717, 1.165) is 59.8 Å². The monoisotopic (exact) mass is 1140 g/mol. The number of nitrogens with one attached hydrogen (secondary N) is 4. The summed E-state index contributed by atoms with van der Waals surface area (Å²) in [4.78, 5) is 62.4. The number of ether oxygens (including phenoxy) is 8. The summed E-state index contributed by atoms with van der Waals surface area (Å²) in [7, 11) is -5.41. The number of rotatable bonds is 29. The first kappa shape index (κ1) is 66.6. The molecule has 4 saturated heterocycles. The SMILES string of the molecule is CCCCCC/C=C\CCCCC/C=C/C(=O)NC1[C@H](O[C@H]2C(O)C(NC(C)=O)[C@@H](O[C@H]3C(CO)O[C@@H](O[C@H]4C(O)C(NC(C)=O)C(O)O[C@@H]4COS(=O)(=O)[O-])C(NC(C)=O)[C@H]3O)O[C@@H]2CO)OC(COC(C)=O)[C@H](O)[C@@H]1O. The third-order valence-electron chi connectivity index (χ3n) is 13.1. The molecule has 0 aromatic rings. The smallest absolute Gasteiger partial charge is 0.302 e. The van der Waals surface area contributed by atoms with E-state index in [2.05, 4.69) is 44.5 Å². The van der Waals surface area contributed by atoms with Crippen molar-refractivity contribution in [2.75, 3.05) is 26.4 Å². The van der Waals surface area contributed by atoms with Crippen molar-refractivity contribution in [1.82, 2.24) is 21.3 Å². The summed E-state index contributed by atoms with van der Waals surface area (Å²) in [6.07, 6.45) is -12.4. The Balaban J connectivity index is 1.56. The van der Waals surface area contributed by atoms with Crippen LogP contribution < -0.4 is 21.3 Å². The topological polar surface area (TPSA) is 436 Å². The van der Waals surface area contributed by atoms with Gasteiger partial charge in [-0.25, -0.2) is 8.42 Å². The fourth-order valence-electron chi connectivity index (χ4n) is 9.29. The summed E-state index contributed by atoms with van der Waals surface area (Å²) in [6, 6.07) is -6.77. The number of amides is 4. The molecule has 0 saturated carbocycles. The highest BCUT2D eigenvalue weighted by Crippen LogP contribution is 2.35. The molecule has 9 unspecified atom stereocenters. The zero-order valence-electron chi connectivity index (χ0n) is 44.2. The molecule has 29 nitrogen and oxygen atoms in total. The Kier molecular flexibility index (Phi) is 27.8. The first-order valence-corrected chi connectivity index (χ1v) is 27.3. The number of esters is 1. The summed E-state index contributed by atoms with van der Waals surface area (Å²) in [5, 5.41) is 99.2.